The molecule has 144 valence electrons. The maximum absolute atomic E-state index is 13.0. The summed E-state index contributed by atoms with van der Waals surface area (Å²) in [6.45, 7) is 1.86. The van der Waals surface area contributed by atoms with E-state index in [0.717, 1.165) is 45.2 Å². The first-order valence-corrected chi connectivity index (χ1v) is 10.1. The molecule has 1 saturated heterocycles. The Balaban J connectivity index is 0.00000196. The lowest BCUT2D eigenvalue weighted by Crippen LogP contribution is -2.50. The van der Waals surface area contributed by atoms with E-state index in [2.05, 4.69) is 16.0 Å². The van der Waals surface area contributed by atoms with Crippen LogP contribution in [0.25, 0.3) is 0 Å². The number of hydrogen-bond acceptors (Lipinski definition) is 3. The highest BCUT2D eigenvalue weighted by molar-refractivity contribution is 5.85. The molecule has 5 heteroatoms. The highest BCUT2D eigenvalue weighted by atomic mass is 35.5. The fraction of sp³-hybridized carbons (Fsp3) is 0.714. The first-order valence-electron chi connectivity index (χ1n) is 10.1. The average Bonchev–Trinajstić information content (AvgIpc) is 2.62. The van der Waals surface area contributed by atoms with Crippen molar-refractivity contribution in [2.45, 2.75) is 57.4 Å². The number of pyridine rings is 1. The van der Waals surface area contributed by atoms with Crippen molar-refractivity contribution in [2.75, 3.05) is 13.1 Å². The van der Waals surface area contributed by atoms with E-state index in [9.17, 15) is 4.79 Å². The van der Waals surface area contributed by atoms with Gasteiger partial charge in [-0.15, -0.1) is 12.4 Å². The summed E-state index contributed by atoms with van der Waals surface area (Å²) in [4.78, 5) is 19.4. The van der Waals surface area contributed by atoms with Gasteiger partial charge < -0.3 is 10.6 Å². The molecule has 2 saturated carbocycles. The van der Waals surface area contributed by atoms with Gasteiger partial charge in [0.15, 0.2) is 0 Å². The topological polar surface area (TPSA) is 59.2 Å². The monoisotopic (exact) mass is 377 g/mol. The van der Waals surface area contributed by atoms with Gasteiger partial charge in [0.2, 0.25) is 5.91 Å². The van der Waals surface area contributed by atoms with Crippen molar-refractivity contribution in [3.05, 3.63) is 30.1 Å². The lowest BCUT2D eigenvalue weighted by atomic mass is 9.65. The van der Waals surface area contributed by atoms with Crippen molar-refractivity contribution in [2.24, 2.45) is 29.4 Å². The molecule has 1 aromatic rings. The Hall–Kier alpha value is -1.13. The summed E-state index contributed by atoms with van der Waals surface area (Å²) in [7, 11) is 0. The number of likely N-dealkylation sites (tertiary alicyclic amines) is 1. The fourth-order valence-electron chi connectivity index (χ4n) is 5.46. The van der Waals surface area contributed by atoms with Crippen molar-refractivity contribution in [3.8, 4) is 0 Å². The summed E-state index contributed by atoms with van der Waals surface area (Å²) in [5, 5.41) is 0. The number of piperidine rings is 1. The minimum Gasteiger partial charge on any atom is -0.342 e. The Kier molecular flexibility index (Phi) is 6.57. The predicted octanol–water partition coefficient (Wildman–Crippen LogP) is 3.44. The molecule has 0 aromatic carbocycles. The summed E-state index contributed by atoms with van der Waals surface area (Å²) in [6, 6.07) is 4.52. The normalized spacial score (nSPS) is 32.0. The van der Waals surface area contributed by atoms with Gasteiger partial charge in [0, 0.05) is 37.4 Å². The maximum atomic E-state index is 13.0. The number of aromatic nitrogens is 1. The van der Waals surface area contributed by atoms with E-state index in [1.165, 1.54) is 24.8 Å². The molecule has 0 spiro atoms. The molecule has 26 heavy (non-hydrogen) atoms. The van der Waals surface area contributed by atoms with Crippen LogP contribution in [0.4, 0.5) is 0 Å². The zero-order valence-electron chi connectivity index (χ0n) is 15.6. The number of halogens is 1. The van der Waals surface area contributed by atoms with Crippen molar-refractivity contribution in [3.63, 3.8) is 0 Å². The van der Waals surface area contributed by atoms with Crippen molar-refractivity contribution < 1.29 is 4.79 Å². The molecule has 1 aliphatic heterocycles. The first-order chi connectivity index (χ1) is 12.2. The molecule has 2 atom stereocenters. The predicted molar refractivity (Wildman–Crippen MR) is 106 cm³/mol. The van der Waals surface area contributed by atoms with Crippen LogP contribution >= 0.6 is 12.4 Å². The van der Waals surface area contributed by atoms with Crippen LogP contribution in [0.1, 0.15) is 50.5 Å². The van der Waals surface area contributed by atoms with E-state index < -0.39 is 0 Å². The largest absolute Gasteiger partial charge is 0.342 e. The van der Waals surface area contributed by atoms with Gasteiger partial charge in [-0.25, -0.2) is 0 Å². The van der Waals surface area contributed by atoms with Crippen molar-refractivity contribution in [1.82, 2.24) is 9.88 Å². The molecule has 1 amide bonds. The van der Waals surface area contributed by atoms with E-state index in [0.29, 0.717) is 29.7 Å². The van der Waals surface area contributed by atoms with Gasteiger partial charge in [-0.3, -0.25) is 9.78 Å². The third-order valence-corrected chi connectivity index (χ3v) is 6.94. The van der Waals surface area contributed by atoms with Crippen LogP contribution < -0.4 is 5.73 Å². The number of nitrogens with zero attached hydrogens (tertiary/aromatic N) is 2. The van der Waals surface area contributed by atoms with Gasteiger partial charge in [0.1, 0.15) is 0 Å². The van der Waals surface area contributed by atoms with Crippen LogP contribution in [-0.4, -0.2) is 34.9 Å². The zero-order chi connectivity index (χ0) is 17.2. The van der Waals surface area contributed by atoms with E-state index in [1.807, 2.05) is 18.5 Å². The second kappa shape index (κ2) is 8.71. The molecule has 2 unspecified atom stereocenters. The Morgan fingerprint density at radius 3 is 2.46 bits per heavy atom. The van der Waals surface area contributed by atoms with Crippen LogP contribution in [0.3, 0.4) is 0 Å². The lowest BCUT2D eigenvalue weighted by Gasteiger charge is -2.45. The molecule has 0 radical (unpaired) electrons. The quantitative estimate of drug-likeness (QED) is 0.877. The second-order valence-corrected chi connectivity index (χ2v) is 8.53. The summed E-state index contributed by atoms with van der Waals surface area (Å²) in [5.74, 6) is 2.52. The third kappa shape index (κ3) is 4.23. The van der Waals surface area contributed by atoms with E-state index in [4.69, 9.17) is 5.73 Å². The Labute approximate surface area is 163 Å². The Bertz CT molecular complexity index is 574. The molecular formula is C21H32ClN3O. The molecule has 3 aliphatic rings. The average molecular weight is 378 g/mol. The summed E-state index contributed by atoms with van der Waals surface area (Å²) >= 11 is 0. The van der Waals surface area contributed by atoms with Crippen molar-refractivity contribution >= 4 is 18.3 Å². The zero-order valence-corrected chi connectivity index (χ0v) is 16.4. The van der Waals surface area contributed by atoms with E-state index in [-0.39, 0.29) is 18.3 Å². The summed E-state index contributed by atoms with van der Waals surface area (Å²) in [6.07, 6.45) is 13.0. The van der Waals surface area contributed by atoms with E-state index >= 15 is 0 Å². The number of amides is 1. The van der Waals surface area contributed by atoms with E-state index in [1.54, 1.807) is 0 Å². The Morgan fingerprint density at radius 1 is 1.15 bits per heavy atom. The molecular weight excluding hydrogens is 346 g/mol. The highest BCUT2D eigenvalue weighted by Gasteiger charge is 2.41. The standard InChI is InChI=1S/C21H31N3O.ClH/c22-20-17-4-1-5-18(20)13-19(12-17)21(25)24-9-6-15(7-10-24)11-16-3-2-8-23-14-16;/h2-3,8,14-15,17-20H,1,4-7,9-13,22H2;1H. The number of hydrogen-bond donors (Lipinski definition) is 1. The number of carbonyl (C=O) groups is 1. The lowest BCUT2D eigenvalue weighted by molar-refractivity contribution is -0.140. The minimum absolute atomic E-state index is 0. The highest BCUT2D eigenvalue weighted by Crippen LogP contribution is 2.42. The molecule has 2 aliphatic carbocycles. The van der Waals surface area contributed by atoms with Gasteiger partial charge in [0.05, 0.1) is 0 Å². The number of nitrogens with two attached hydrogens (primary N) is 1. The van der Waals surface area contributed by atoms with Crippen LogP contribution in [0.15, 0.2) is 24.5 Å². The van der Waals surface area contributed by atoms with Gasteiger partial charge in [0.25, 0.3) is 0 Å². The smallest absolute Gasteiger partial charge is 0.225 e. The molecule has 4 rings (SSSR count). The molecule has 2 heterocycles. The third-order valence-electron chi connectivity index (χ3n) is 6.94. The summed E-state index contributed by atoms with van der Waals surface area (Å²) in [5.41, 5.74) is 7.71. The second-order valence-electron chi connectivity index (χ2n) is 8.53. The van der Waals surface area contributed by atoms with Crippen LogP contribution in [0.5, 0.6) is 0 Å². The van der Waals surface area contributed by atoms with Gasteiger partial charge >= 0.3 is 0 Å². The number of rotatable bonds is 3. The molecule has 4 nitrogen and oxygen atoms in total. The van der Waals surface area contributed by atoms with Crippen LogP contribution in [0.2, 0.25) is 0 Å². The van der Waals surface area contributed by atoms with Gasteiger partial charge in [-0.2, -0.15) is 0 Å². The van der Waals surface area contributed by atoms with Crippen LogP contribution in [-0.2, 0) is 11.2 Å². The molecule has 3 fully saturated rings. The van der Waals surface area contributed by atoms with Crippen molar-refractivity contribution in [1.29, 1.82) is 0 Å². The number of fused-ring (bicyclic) bond motifs is 2. The first kappa shape index (κ1) is 19.6. The van der Waals surface area contributed by atoms with Gasteiger partial charge in [-0.05, 0) is 74.3 Å². The number of carbonyl (C=O) groups excluding carboxylic acids is 1. The summed E-state index contributed by atoms with van der Waals surface area (Å²) < 4.78 is 0. The molecule has 2 N–H and O–H groups in total. The van der Waals surface area contributed by atoms with Gasteiger partial charge in [-0.1, -0.05) is 12.5 Å². The molecule has 1 aromatic heterocycles. The SMILES string of the molecule is Cl.NC1C2CCCC1CC(C(=O)N1CCC(Cc3cccnc3)CC1)C2. The molecule has 2 bridgehead atoms. The minimum atomic E-state index is 0. The maximum Gasteiger partial charge on any atom is 0.225 e. The Morgan fingerprint density at radius 2 is 1.85 bits per heavy atom. The fourth-order valence-corrected chi connectivity index (χ4v) is 5.46. The van der Waals surface area contributed by atoms with Crippen LogP contribution in [0, 0.1) is 23.7 Å².